The Morgan fingerprint density at radius 2 is 1.90 bits per heavy atom. The molecule has 5 heteroatoms. The topological polar surface area (TPSA) is 77.8 Å². The molecule has 3 N–H and O–H groups in total. The van der Waals surface area contributed by atoms with Gasteiger partial charge in [-0.25, -0.2) is 0 Å². The van der Waals surface area contributed by atoms with E-state index in [9.17, 15) is 4.79 Å². The van der Waals surface area contributed by atoms with Crippen molar-refractivity contribution in [1.82, 2.24) is 0 Å². The molecule has 0 saturated carbocycles. The van der Waals surface area contributed by atoms with Crippen LogP contribution in [0.15, 0.2) is 0 Å². The van der Waals surface area contributed by atoms with Gasteiger partial charge in [0.1, 0.15) is 5.92 Å². The van der Waals surface area contributed by atoms with Crippen molar-refractivity contribution >= 4 is 35.5 Å². The molecule has 0 aromatic heterocycles. The molecule has 1 unspecified atom stereocenters. The average Bonchev–Trinajstić information content (AvgIpc) is 1.64. The minimum absolute atomic E-state index is 0. The molecule has 0 aromatic rings. The second-order valence-electron chi connectivity index (χ2n) is 1.77. The van der Waals surface area contributed by atoms with Gasteiger partial charge in [0.25, 0.3) is 0 Å². The number of carboxylic acids is 1. The van der Waals surface area contributed by atoms with Gasteiger partial charge in [-0.05, 0) is 6.42 Å². The number of carbonyl (C=O) groups is 1. The Labute approximate surface area is 81.2 Å². The Hall–Kier alpha value is 0.390. The first kappa shape index (κ1) is 13.0. The number of aliphatic hydroxyl groups is 2. The first-order valence-electron chi connectivity index (χ1n) is 2.68. The fraction of sp³-hybridized carbons (Fsp3) is 0.800. The van der Waals surface area contributed by atoms with Gasteiger partial charge in [-0.3, -0.25) is 4.79 Å². The predicted molar refractivity (Wildman–Crippen MR) is 36.8 cm³/mol. The van der Waals surface area contributed by atoms with Crippen LogP contribution in [0, 0.1) is 5.92 Å². The van der Waals surface area contributed by atoms with Gasteiger partial charge >= 0.3 is 35.5 Å². The van der Waals surface area contributed by atoms with Crippen molar-refractivity contribution in [2.75, 3.05) is 0 Å². The standard InChI is InChI=1S/C5H10O4.Na.H/c1-2-3(4(6)7)5(8)9;;/h3-4,6-7H,2H2,1H3,(H,8,9);;. The Morgan fingerprint density at radius 1 is 1.50 bits per heavy atom. The van der Waals surface area contributed by atoms with Gasteiger partial charge in [0.2, 0.25) is 0 Å². The van der Waals surface area contributed by atoms with Crippen molar-refractivity contribution < 1.29 is 20.1 Å². The summed E-state index contributed by atoms with van der Waals surface area (Å²) in [6.07, 6.45) is -1.51. The van der Waals surface area contributed by atoms with Crippen molar-refractivity contribution in [2.45, 2.75) is 19.6 Å². The molecule has 0 aliphatic rings. The molecule has 0 aromatic carbocycles. The van der Waals surface area contributed by atoms with Crippen LogP contribution in [0.2, 0.25) is 0 Å². The summed E-state index contributed by atoms with van der Waals surface area (Å²) in [6.45, 7) is 1.58. The molecular weight excluding hydrogens is 147 g/mol. The van der Waals surface area contributed by atoms with Crippen molar-refractivity contribution in [1.29, 1.82) is 0 Å². The Bertz CT molecular complexity index is 104. The van der Waals surface area contributed by atoms with E-state index in [1.807, 2.05) is 0 Å². The number of hydrogen-bond donors (Lipinski definition) is 3. The second-order valence-corrected chi connectivity index (χ2v) is 1.77. The van der Waals surface area contributed by atoms with Crippen LogP contribution >= 0.6 is 0 Å². The summed E-state index contributed by atoms with van der Waals surface area (Å²) >= 11 is 0. The predicted octanol–water partition coefficient (Wildman–Crippen LogP) is -1.24. The summed E-state index contributed by atoms with van der Waals surface area (Å²) in [7, 11) is 0. The van der Waals surface area contributed by atoms with Gasteiger partial charge in [-0.1, -0.05) is 6.92 Å². The van der Waals surface area contributed by atoms with E-state index in [4.69, 9.17) is 15.3 Å². The number of aliphatic carboxylic acids is 1. The molecule has 10 heavy (non-hydrogen) atoms. The van der Waals surface area contributed by atoms with E-state index < -0.39 is 18.2 Å². The van der Waals surface area contributed by atoms with Gasteiger partial charge in [-0.15, -0.1) is 0 Å². The van der Waals surface area contributed by atoms with E-state index in [0.717, 1.165) is 0 Å². The summed E-state index contributed by atoms with van der Waals surface area (Å²) < 4.78 is 0. The zero-order chi connectivity index (χ0) is 7.44. The van der Waals surface area contributed by atoms with Crippen molar-refractivity contribution in [2.24, 2.45) is 5.92 Å². The third-order valence-corrected chi connectivity index (χ3v) is 1.12. The Morgan fingerprint density at radius 3 is 1.90 bits per heavy atom. The van der Waals surface area contributed by atoms with Gasteiger partial charge in [0, 0.05) is 0 Å². The molecule has 0 amide bonds. The summed E-state index contributed by atoms with van der Waals surface area (Å²) in [5, 5.41) is 24.9. The number of carboxylic acid groups (broad SMARTS) is 1. The molecular formula is C5H11NaO4. The average molecular weight is 158 g/mol. The van der Waals surface area contributed by atoms with Crippen molar-refractivity contribution in [3.05, 3.63) is 0 Å². The summed E-state index contributed by atoms with van der Waals surface area (Å²) in [5.41, 5.74) is 0. The normalized spacial score (nSPS) is 12.4. The molecule has 0 saturated heterocycles. The van der Waals surface area contributed by atoms with E-state index in [1.54, 1.807) is 6.92 Å². The third kappa shape index (κ3) is 4.24. The molecule has 0 aliphatic carbocycles. The number of rotatable bonds is 3. The molecule has 1 atom stereocenters. The van der Waals surface area contributed by atoms with E-state index in [2.05, 4.69) is 0 Å². The van der Waals surface area contributed by atoms with Crippen LogP contribution in [0.25, 0.3) is 0 Å². The monoisotopic (exact) mass is 158 g/mol. The van der Waals surface area contributed by atoms with Crippen LogP contribution in [0.5, 0.6) is 0 Å². The molecule has 0 fully saturated rings. The maximum absolute atomic E-state index is 10.1. The quantitative estimate of drug-likeness (QED) is 0.354. The first-order chi connectivity index (χ1) is 4.09. The van der Waals surface area contributed by atoms with Gasteiger partial charge < -0.3 is 15.3 Å². The van der Waals surface area contributed by atoms with E-state index in [0.29, 0.717) is 0 Å². The van der Waals surface area contributed by atoms with Crippen molar-refractivity contribution in [3.63, 3.8) is 0 Å². The van der Waals surface area contributed by atoms with Crippen LogP contribution in [-0.4, -0.2) is 57.1 Å². The second kappa shape index (κ2) is 6.12. The van der Waals surface area contributed by atoms with E-state index in [1.165, 1.54) is 0 Å². The van der Waals surface area contributed by atoms with Crippen molar-refractivity contribution in [3.8, 4) is 0 Å². The van der Waals surface area contributed by atoms with E-state index in [-0.39, 0.29) is 36.0 Å². The summed E-state index contributed by atoms with van der Waals surface area (Å²) in [4.78, 5) is 10.1. The molecule has 0 heterocycles. The SMILES string of the molecule is CCC(C(=O)O)C(O)O.[NaH]. The van der Waals surface area contributed by atoms with Gasteiger partial charge in [-0.2, -0.15) is 0 Å². The Balaban J connectivity index is 0. The molecule has 56 valence electrons. The summed E-state index contributed by atoms with van der Waals surface area (Å²) in [6, 6.07) is 0. The van der Waals surface area contributed by atoms with Crippen LogP contribution in [0.1, 0.15) is 13.3 Å². The Kier molecular flexibility index (Phi) is 7.97. The first-order valence-corrected chi connectivity index (χ1v) is 2.68. The van der Waals surface area contributed by atoms with Crippen LogP contribution in [0.3, 0.4) is 0 Å². The summed E-state index contributed by atoms with van der Waals surface area (Å²) in [5.74, 6) is -2.22. The maximum atomic E-state index is 10.1. The molecule has 4 nitrogen and oxygen atoms in total. The van der Waals surface area contributed by atoms with Gasteiger partial charge in [0.15, 0.2) is 6.29 Å². The molecule has 0 spiro atoms. The van der Waals surface area contributed by atoms with Gasteiger partial charge in [0.05, 0.1) is 0 Å². The fourth-order valence-electron chi connectivity index (χ4n) is 0.513. The minimum atomic E-state index is -1.74. The number of aliphatic hydroxyl groups excluding tert-OH is 1. The van der Waals surface area contributed by atoms with Crippen LogP contribution < -0.4 is 0 Å². The zero-order valence-electron chi connectivity index (χ0n) is 5.11. The fourth-order valence-corrected chi connectivity index (χ4v) is 0.513. The third-order valence-electron chi connectivity index (χ3n) is 1.12. The molecule has 0 bridgehead atoms. The van der Waals surface area contributed by atoms with Crippen LogP contribution in [-0.2, 0) is 4.79 Å². The molecule has 0 aliphatic heterocycles. The molecule has 0 radical (unpaired) electrons. The zero-order valence-corrected chi connectivity index (χ0v) is 5.11. The number of hydrogen-bond acceptors (Lipinski definition) is 3. The van der Waals surface area contributed by atoms with E-state index >= 15 is 0 Å². The van der Waals surface area contributed by atoms with Crippen LogP contribution in [0.4, 0.5) is 0 Å². The molecule has 0 rings (SSSR count).